The minimum atomic E-state index is 0.708. The first-order chi connectivity index (χ1) is 15.6. The molecule has 3 aromatic carbocycles. The summed E-state index contributed by atoms with van der Waals surface area (Å²) in [7, 11) is 0. The Bertz CT molecular complexity index is 1480. The van der Waals surface area contributed by atoms with Crippen molar-refractivity contribution in [2.24, 2.45) is 0 Å². The van der Waals surface area contributed by atoms with E-state index in [1.807, 2.05) is 28.9 Å². The Morgan fingerprint density at radius 1 is 0.875 bits per heavy atom. The molecule has 0 saturated carbocycles. The van der Waals surface area contributed by atoms with Gasteiger partial charge >= 0.3 is 0 Å². The van der Waals surface area contributed by atoms with Gasteiger partial charge in [-0.2, -0.15) is 5.10 Å². The Morgan fingerprint density at radius 2 is 1.62 bits per heavy atom. The Morgan fingerprint density at radius 3 is 2.41 bits per heavy atom. The van der Waals surface area contributed by atoms with Gasteiger partial charge in [0.25, 0.3) is 0 Å². The Kier molecular flexibility index (Phi) is 4.67. The van der Waals surface area contributed by atoms with E-state index in [2.05, 4.69) is 71.4 Å². The van der Waals surface area contributed by atoms with Crippen molar-refractivity contribution in [1.29, 1.82) is 0 Å². The van der Waals surface area contributed by atoms with Crippen LogP contribution in [0.2, 0.25) is 5.02 Å². The Hall–Kier alpha value is -2.95. The number of pyridine rings is 1. The smallest absolute Gasteiger partial charge is 0.164 e. The molecule has 2 heterocycles. The molecular formula is C27H19BrClN3. The van der Waals surface area contributed by atoms with E-state index in [9.17, 15) is 0 Å². The van der Waals surface area contributed by atoms with E-state index < -0.39 is 0 Å². The SMILES string of the molecule is Cc1nn(-c2ccc(Cl)cc2)c2nc3c(c(-c4ccc(Br)cc4)c12)-c1ccccc1CC3. The van der Waals surface area contributed by atoms with Gasteiger partial charge in [0.05, 0.1) is 22.5 Å². The van der Waals surface area contributed by atoms with Crippen molar-refractivity contribution in [2.75, 3.05) is 0 Å². The van der Waals surface area contributed by atoms with Gasteiger partial charge in [-0.1, -0.05) is 63.9 Å². The summed E-state index contributed by atoms with van der Waals surface area (Å²) in [5, 5.41) is 6.73. The van der Waals surface area contributed by atoms with Gasteiger partial charge in [-0.05, 0) is 72.9 Å². The van der Waals surface area contributed by atoms with Crippen LogP contribution < -0.4 is 0 Å². The lowest BCUT2D eigenvalue weighted by Crippen LogP contribution is -2.09. The van der Waals surface area contributed by atoms with Crippen molar-refractivity contribution < 1.29 is 0 Å². The molecule has 0 unspecified atom stereocenters. The third-order valence-corrected chi connectivity index (χ3v) is 6.97. The van der Waals surface area contributed by atoms with E-state index in [1.54, 1.807) is 0 Å². The molecule has 3 nitrogen and oxygen atoms in total. The van der Waals surface area contributed by atoms with Crippen molar-refractivity contribution in [2.45, 2.75) is 19.8 Å². The fraction of sp³-hybridized carbons (Fsp3) is 0.111. The van der Waals surface area contributed by atoms with Crippen LogP contribution in [0.1, 0.15) is 17.0 Å². The molecule has 0 radical (unpaired) electrons. The van der Waals surface area contributed by atoms with Crippen LogP contribution in [0, 0.1) is 6.92 Å². The van der Waals surface area contributed by atoms with E-state index >= 15 is 0 Å². The molecule has 1 aliphatic carbocycles. The van der Waals surface area contributed by atoms with Crippen molar-refractivity contribution in [3.63, 3.8) is 0 Å². The predicted octanol–water partition coefficient (Wildman–Crippen LogP) is 7.58. The number of aromatic nitrogens is 3. The summed E-state index contributed by atoms with van der Waals surface area (Å²) < 4.78 is 3.01. The van der Waals surface area contributed by atoms with Gasteiger partial charge in [0.2, 0.25) is 0 Å². The number of nitrogens with zero attached hydrogens (tertiary/aromatic N) is 3. The summed E-state index contributed by atoms with van der Waals surface area (Å²) in [6.45, 7) is 2.07. The second-order valence-corrected chi connectivity index (χ2v) is 9.50. The number of fused-ring (bicyclic) bond motifs is 4. The lowest BCUT2D eigenvalue weighted by Gasteiger charge is -2.23. The summed E-state index contributed by atoms with van der Waals surface area (Å²) >= 11 is 9.72. The highest BCUT2D eigenvalue weighted by atomic mass is 79.9. The Balaban J connectivity index is 1.74. The third kappa shape index (κ3) is 3.09. The normalized spacial score (nSPS) is 12.6. The van der Waals surface area contributed by atoms with Gasteiger partial charge in [-0.15, -0.1) is 0 Å². The molecule has 0 bridgehead atoms. The van der Waals surface area contributed by atoms with Crippen LogP contribution in [0.4, 0.5) is 0 Å². The molecule has 156 valence electrons. The van der Waals surface area contributed by atoms with Crippen LogP contribution in [-0.4, -0.2) is 14.8 Å². The molecule has 0 aliphatic heterocycles. The van der Waals surface area contributed by atoms with Gasteiger partial charge in [-0.3, -0.25) is 0 Å². The molecule has 0 atom stereocenters. The van der Waals surface area contributed by atoms with Crippen molar-refractivity contribution in [1.82, 2.24) is 14.8 Å². The highest BCUT2D eigenvalue weighted by Gasteiger charge is 2.26. The lowest BCUT2D eigenvalue weighted by atomic mass is 9.83. The van der Waals surface area contributed by atoms with Crippen LogP contribution in [0.25, 0.3) is 39.0 Å². The number of aryl methyl sites for hydroxylation is 3. The largest absolute Gasteiger partial charge is 0.232 e. The Labute approximate surface area is 199 Å². The number of hydrogen-bond donors (Lipinski definition) is 0. The number of halogens is 2. The van der Waals surface area contributed by atoms with Crippen molar-refractivity contribution in [3.05, 3.63) is 99.2 Å². The van der Waals surface area contributed by atoms with Crippen LogP contribution in [-0.2, 0) is 12.8 Å². The minimum absolute atomic E-state index is 0.708. The zero-order valence-electron chi connectivity index (χ0n) is 17.4. The van der Waals surface area contributed by atoms with Crippen molar-refractivity contribution >= 4 is 38.6 Å². The molecular weight excluding hydrogens is 482 g/mol. The average Bonchev–Trinajstić information content (AvgIpc) is 3.14. The summed E-state index contributed by atoms with van der Waals surface area (Å²) in [6.07, 6.45) is 1.91. The monoisotopic (exact) mass is 499 g/mol. The molecule has 1 aliphatic rings. The number of benzene rings is 3. The number of hydrogen-bond acceptors (Lipinski definition) is 2. The molecule has 0 spiro atoms. The molecule has 32 heavy (non-hydrogen) atoms. The van der Waals surface area contributed by atoms with Crippen LogP contribution >= 0.6 is 27.5 Å². The maximum Gasteiger partial charge on any atom is 0.164 e. The summed E-state index contributed by atoms with van der Waals surface area (Å²) in [6, 6.07) is 25.0. The quantitative estimate of drug-likeness (QED) is 0.250. The first kappa shape index (κ1) is 19.7. The fourth-order valence-electron chi connectivity index (χ4n) is 4.74. The molecule has 0 fully saturated rings. The van der Waals surface area contributed by atoms with Gasteiger partial charge in [0, 0.05) is 20.6 Å². The van der Waals surface area contributed by atoms with Crippen LogP contribution in [0.15, 0.2) is 77.3 Å². The molecule has 6 rings (SSSR count). The van der Waals surface area contributed by atoms with Gasteiger partial charge in [-0.25, -0.2) is 9.67 Å². The zero-order valence-corrected chi connectivity index (χ0v) is 19.8. The predicted molar refractivity (Wildman–Crippen MR) is 135 cm³/mol. The molecule has 0 N–H and O–H groups in total. The molecule has 0 amide bonds. The molecule has 5 aromatic rings. The lowest BCUT2D eigenvalue weighted by molar-refractivity contribution is 0.859. The van der Waals surface area contributed by atoms with Gasteiger partial charge < -0.3 is 0 Å². The van der Waals surface area contributed by atoms with E-state index in [1.165, 1.54) is 27.8 Å². The summed E-state index contributed by atoms with van der Waals surface area (Å²) in [4.78, 5) is 5.20. The minimum Gasteiger partial charge on any atom is -0.232 e. The summed E-state index contributed by atoms with van der Waals surface area (Å²) in [5.74, 6) is 0. The second kappa shape index (κ2) is 7.58. The second-order valence-electron chi connectivity index (χ2n) is 8.14. The number of rotatable bonds is 2. The van der Waals surface area contributed by atoms with Crippen molar-refractivity contribution in [3.8, 4) is 27.9 Å². The van der Waals surface area contributed by atoms with Gasteiger partial charge in [0.1, 0.15) is 0 Å². The zero-order chi connectivity index (χ0) is 21.8. The molecule has 2 aromatic heterocycles. The maximum atomic E-state index is 6.13. The van der Waals surface area contributed by atoms with E-state index in [0.717, 1.165) is 45.4 Å². The standard InChI is InChI=1S/C27H19BrClN3/c1-16-24-25(18-6-9-19(28)10-7-18)26-22-5-3-2-4-17(22)8-15-23(26)30-27(24)32(31-16)21-13-11-20(29)12-14-21/h2-7,9-14H,8,15H2,1H3. The molecule has 0 saturated heterocycles. The maximum absolute atomic E-state index is 6.13. The third-order valence-electron chi connectivity index (χ3n) is 6.19. The van der Waals surface area contributed by atoms with E-state index in [4.69, 9.17) is 21.7 Å². The highest BCUT2D eigenvalue weighted by molar-refractivity contribution is 9.10. The summed E-state index contributed by atoms with van der Waals surface area (Å²) in [5.41, 5.74) is 10.2. The first-order valence-corrected chi connectivity index (χ1v) is 11.8. The average molecular weight is 501 g/mol. The van der Waals surface area contributed by atoms with Gasteiger partial charge in [0.15, 0.2) is 5.65 Å². The molecule has 5 heteroatoms. The van der Waals surface area contributed by atoms with E-state index in [-0.39, 0.29) is 0 Å². The van der Waals surface area contributed by atoms with Crippen LogP contribution in [0.3, 0.4) is 0 Å². The topological polar surface area (TPSA) is 30.7 Å². The van der Waals surface area contributed by atoms with E-state index in [0.29, 0.717) is 5.02 Å². The fourth-order valence-corrected chi connectivity index (χ4v) is 5.13. The first-order valence-electron chi connectivity index (χ1n) is 10.6. The van der Waals surface area contributed by atoms with Crippen LogP contribution in [0.5, 0.6) is 0 Å². The highest BCUT2D eigenvalue weighted by Crippen LogP contribution is 2.44.